The predicted molar refractivity (Wildman–Crippen MR) is 126 cm³/mol. The molecule has 3 rings (SSSR count). The van der Waals surface area contributed by atoms with Gasteiger partial charge in [0.05, 0.1) is 7.11 Å². The van der Waals surface area contributed by atoms with Crippen LogP contribution in [-0.2, 0) is 11.3 Å². The van der Waals surface area contributed by atoms with Crippen LogP contribution in [0.1, 0.15) is 16.8 Å². The van der Waals surface area contributed by atoms with Crippen molar-refractivity contribution in [1.82, 2.24) is 4.57 Å². The summed E-state index contributed by atoms with van der Waals surface area (Å²) in [6, 6.07) is 15.3. The van der Waals surface area contributed by atoms with Crippen LogP contribution < -0.4 is 26.2 Å². The molecular formula is C24H26N4O4. The minimum atomic E-state index is -0.540. The fourth-order valence-electron chi connectivity index (χ4n) is 3.21. The first-order valence-electron chi connectivity index (χ1n) is 10.1. The van der Waals surface area contributed by atoms with Gasteiger partial charge in [-0.05, 0) is 74.4 Å². The minimum absolute atomic E-state index is 0.0779. The van der Waals surface area contributed by atoms with Crippen molar-refractivity contribution >= 4 is 29.0 Å². The Morgan fingerprint density at radius 1 is 0.906 bits per heavy atom. The van der Waals surface area contributed by atoms with Gasteiger partial charge in [0.15, 0.2) is 0 Å². The molecule has 0 saturated carbocycles. The van der Waals surface area contributed by atoms with E-state index in [0.717, 1.165) is 11.1 Å². The maximum Gasteiger partial charge on any atom is 0.323 e. The molecule has 0 spiro atoms. The predicted octanol–water partition coefficient (Wildman–Crippen LogP) is 4.06. The SMILES string of the molecule is COc1ccc(NC(=O)Cn2c(C)ccc(NC(=O)Nc3cccc(C)c3)c2=O)c(C)c1. The van der Waals surface area contributed by atoms with Crippen molar-refractivity contribution in [3.63, 3.8) is 0 Å². The summed E-state index contributed by atoms with van der Waals surface area (Å²) in [5, 5.41) is 8.06. The molecule has 0 fully saturated rings. The molecule has 3 aromatic rings. The molecule has 0 aliphatic rings. The summed E-state index contributed by atoms with van der Waals surface area (Å²) in [7, 11) is 1.57. The minimum Gasteiger partial charge on any atom is -0.497 e. The molecule has 1 aromatic heterocycles. The van der Waals surface area contributed by atoms with E-state index in [2.05, 4.69) is 16.0 Å². The lowest BCUT2D eigenvalue weighted by atomic mass is 10.2. The molecular weight excluding hydrogens is 408 g/mol. The first-order valence-corrected chi connectivity index (χ1v) is 10.1. The Hall–Kier alpha value is -4.07. The number of aromatic nitrogens is 1. The summed E-state index contributed by atoms with van der Waals surface area (Å²) >= 11 is 0. The van der Waals surface area contributed by atoms with E-state index in [-0.39, 0.29) is 18.1 Å². The number of nitrogens with zero attached hydrogens (tertiary/aromatic N) is 1. The van der Waals surface area contributed by atoms with Crippen LogP contribution >= 0.6 is 0 Å². The second kappa shape index (κ2) is 9.82. The Morgan fingerprint density at radius 3 is 2.34 bits per heavy atom. The van der Waals surface area contributed by atoms with Gasteiger partial charge < -0.3 is 25.3 Å². The molecule has 8 nitrogen and oxygen atoms in total. The molecule has 2 aromatic carbocycles. The smallest absolute Gasteiger partial charge is 0.323 e. The number of aryl methyl sites for hydroxylation is 3. The quantitative estimate of drug-likeness (QED) is 0.544. The number of ether oxygens (including phenoxy) is 1. The van der Waals surface area contributed by atoms with Gasteiger partial charge in [-0.1, -0.05) is 12.1 Å². The van der Waals surface area contributed by atoms with Crippen LogP contribution in [0.4, 0.5) is 21.9 Å². The van der Waals surface area contributed by atoms with Crippen molar-refractivity contribution in [2.75, 3.05) is 23.1 Å². The Morgan fingerprint density at radius 2 is 1.66 bits per heavy atom. The van der Waals surface area contributed by atoms with E-state index in [1.54, 1.807) is 38.3 Å². The van der Waals surface area contributed by atoms with E-state index in [9.17, 15) is 14.4 Å². The van der Waals surface area contributed by atoms with Crippen LogP contribution in [0.25, 0.3) is 0 Å². The van der Waals surface area contributed by atoms with Gasteiger partial charge >= 0.3 is 6.03 Å². The molecule has 0 saturated heterocycles. The third kappa shape index (κ3) is 5.54. The van der Waals surface area contributed by atoms with E-state index in [4.69, 9.17) is 4.74 Å². The Labute approximate surface area is 186 Å². The Balaban J connectivity index is 1.72. The third-order valence-electron chi connectivity index (χ3n) is 4.93. The molecule has 0 radical (unpaired) electrons. The van der Waals surface area contributed by atoms with Gasteiger partial charge in [-0.2, -0.15) is 0 Å². The van der Waals surface area contributed by atoms with Crippen molar-refractivity contribution in [2.45, 2.75) is 27.3 Å². The fraction of sp³-hybridized carbons (Fsp3) is 0.208. The largest absolute Gasteiger partial charge is 0.497 e. The lowest BCUT2D eigenvalue weighted by molar-refractivity contribution is -0.116. The topological polar surface area (TPSA) is 101 Å². The fourth-order valence-corrected chi connectivity index (χ4v) is 3.21. The van der Waals surface area contributed by atoms with Crippen molar-refractivity contribution in [3.8, 4) is 5.75 Å². The van der Waals surface area contributed by atoms with Crippen molar-refractivity contribution in [1.29, 1.82) is 0 Å². The zero-order valence-corrected chi connectivity index (χ0v) is 18.5. The van der Waals surface area contributed by atoms with Crippen molar-refractivity contribution in [2.24, 2.45) is 0 Å². The number of hydrogen-bond acceptors (Lipinski definition) is 4. The highest BCUT2D eigenvalue weighted by Crippen LogP contribution is 2.21. The highest BCUT2D eigenvalue weighted by molar-refractivity contribution is 5.99. The number of hydrogen-bond donors (Lipinski definition) is 3. The van der Waals surface area contributed by atoms with Crippen molar-refractivity contribution in [3.05, 3.63) is 81.8 Å². The maximum absolute atomic E-state index is 12.9. The summed E-state index contributed by atoms with van der Waals surface area (Å²) in [4.78, 5) is 37.8. The van der Waals surface area contributed by atoms with E-state index in [1.165, 1.54) is 10.6 Å². The average Bonchev–Trinajstić information content (AvgIpc) is 2.74. The van der Waals surface area contributed by atoms with Crippen molar-refractivity contribution < 1.29 is 14.3 Å². The highest BCUT2D eigenvalue weighted by Gasteiger charge is 2.13. The van der Waals surface area contributed by atoms with E-state index < -0.39 is 11.6 Å². The highest BCUT2D eigenvalue weighted by atomic mass is 16.5. The number of rotatable bonds is 6. The normalized spacial score (nSPS) is 10.4. The van der Waals surface area contributed by atoms with Gasteiger partial charge in [0, 0.05) is 17.1 Å². The second-order valence-electron chi connectivity index (χ2n) is 7.46. The lowest BCUT2D eigenvalue weighted by Gasteiger charge is -2.14. The first kappa shape index (κ1) is 22.6. The van der Waals surface area contributed by atoms with Crippen LogP contribution in [0.2, 0.25) is 0 Å². The number of carbonyl (C=O) groups excluding carboxylic acids is 2. The zero-order chi connectivity index (χ0) is 23.3. The van der Waals surface area contributed by atoms with Gasteiger partial charge in [0.2, 0.25) is 5.91 Å². The maximum atomic E-state index is 12.9. The summed E-state index contributed by atoms with van der Waals surface area (Å²) in [5.74, 6) is 0.333. The van der Waals surface area contributed by atoms with Crippen LogP contribution in [0, 0.1) is 20.8 Å². The van der Waals surface area contributed by atoms with Crippen LogP contribution in [-0.4, -0.2) is 23.6 Å². The summed E-state index contributed by atoms with van der Waals surface area (Å²) in [6.45, 7) is 5.31. The second-order valence-corrected chi connectivity index (χ2v) is 7.46. The molecule has 0 atom stereocenters. The molecule has 3 N–H and O–H groups in total. The number of amides is 3. The average molecular weight is 434 g/mol. The molecule has 3 amide bonds. The van der Waals surface area contributed by atoms with E-state index >= 15 is 0 Å². The number of methoxy groups -OCH3 is 1. The van der Waals surface area contributed by atoms with Crippen LogP contribution in [0.5, 0.6) is 5.75 Å². The third-order valence-corrected chi connectivity index (χ3v) is 4.93. The number of benzene rings is 2. The lowest BCUT2D eigenvalue weighted by Crippen LogP contribution is -2.32. The van der Waals surface area contributed by atoms with Gasteiger partial charge in [-0.15, -0.1) is 0 Å². The van der Waals surface area contributed by atoms with E-state index in [1.807, 2.05) is 38.1 Å². The first-order chi connectivity index (χ1) is 15.3. The molecule has 1 heterocycles. The molecule has 0 unspecified atom stereocenters. The molecule has 8 heteroatoms. The number of carbonyl (C=O) groups is 2. The van der Waals surface area contributed by atoms with Crippen LogP contribution in [0.15, 0.2) is 59.4 Å². The molecule has 32 heavy (non-hydrogen) atoms. The number of nitrogens with one attached hydrogen (secondary N) is 3. The van der Waals surface area contributed by atoms with Gasteiger partial charge in [-0.3, -0.25) is 9.59 Å². The van der Waals surface area contributed by atoms with Gasteiger partial charge in [0.1, 0.15) is 18.0 Å². The molecule has 0 aliphatic carbocycles. The molecule has 0 aliphatic heterocycles. The summed E-state index contributed by atoms with van der Waals surface area (Å²) in [6.07, 6.45) is 0. The standard InChI is InChI=1S/C24H26N4O4/c1-15-6-5-7-18(12-15)25-24(31)27-21-10-8-17(3)28(23(21)30)14-22(29)26-20-11-9-19(32-4)13-16(20)2/h5-13H,14H2,1-4H3,(H,26,29)(H2,25,27,31). The molecule has 0 bridgehead atoms. The number of anilines is 3. The molecule has 166 valence electrons. The Bertz CT molecular complexity index is 1220. The van der Waals surface area contributed by atoms with Gasteiger partial charge in [0.25, 0.3) is 5.56 Å². The summed E-state index contributed by atoms with van der Waals surface area (Å²) < 4.78 is 6.49. The van der Waals surface area contributed by atoms with Gasteiger partial charge in [-0.25, -0.2) is 4.79 Å². The number of pyridine rings is 1. The Kier molecular flexibility index (Phi) is 6.94. The van der Waals surface area contributed by atoms with Crippen LogP contribution in [0.3, 0.4) is 0 Å². The van der Waals surface area contributed by atoms with E-state index in [0.29, 0.717) is 22.8 Å². The summed E-state index contributed by atoms with van der Waals surface area (Å²) in [5.41, 5.74) is 3.29. The zero-order valence-electron chi connectivity index (χ0n) is 18.5. The number of urea groups is 1. The monoisotopic (exact) mass is 434 g/mol.